The molecule has 0 fully saturated rings. The minimum Gasteiger partial charge on any atom is -0.452 e. The Bertz CT molecular complexity index is 1380. The fourth-order valence-corrected chi connectivity index (χ4v) is 22.6. The molecule has 0 saturated carbocycles. The molecule has 7 heteroatoms. The molecule has 3 aromatic rings. The summed E-state index contributed by atoms with van der Waals surface area (Å²) >= 11 is 14.2. The van der Waals surface area contributed by atoms with E-state index in [-0.39, 0.29) is 0 Å². The molecule has 2 aliphatic rings. The predicted octanol–water partition coefficient (Wildman–Crippen LogP) is 7.78. The smallest absolute Gasteiger partial charge is 0.205 e. The van der Waals surface area contributed by atoms with Crippen molar-refractivity contribution in [3.63, 3.8) is 0 Å². The zero-order valence-electron chi connectivity index (χ0n) is 17.7. The fourth-order valence-electron chi connectivity index (χ4n) is 4.13. The SMILES string of the molecule is CC=CC1=C(CC)c2ccccc2P(=S)(SP2(=S)Oc3ccccc3-c3ccccc32)O1. The number of benzene rings is 3. The van der Waals surface area contributed by atoms with Crippen LogP contribution < -0.4 is 15.1 Å². The lowest BCUT2D eigenvalue weighted by Gasteiger charge is -2.37. The van der Waals surface area contributed by atoms with Gasteiger partial charge >= 0.3 is 0 Å². The topological polar surface area (TPSA) is 18.5 Å². The fraction of sp³-hybridized carbons (Fsp3) is 0.120. The Kier molecular flexibility index (Phi) is 5.99. The second-order valence-corrected chi connectivity index (χ2v) is 20.5. The number of para-hydroxylation sites is 1. The minimum atomic E-state index is -2.58. The molecule has 0 spiro atoms. The third-order valence-corrected chi connectivity index (χ3v) is 20.8. The molecule has 0 bridgehead atoms. The van der Waals surface area contributed by atoms with E-state index in [0.29, 0.717) is 0 Å². The largest absolute Gasteiger partial charge is 0.452 e. The molecule has 2 atom stereocenters. The molecule has 3 aromatic carbocycles. The normalized spacial score (nSPS) is 23.7. The summed E-state index contributed by atoms with van der Waals surface area (Å²) in [6.45, 7) is 4.15. The van der Waals surface area contributed by atoms with Crippen molar-refractivity contribution < 1.29 is 9.05 Å². The lowest BCUT2D eigenvalue weighted by atomic mass is 10.0. The molecule has 0 radical (unpaired) electrons. The Morgan fingerprint density at radius 3 is 2.03 bits per heavy atom. The van der Waals surface area contributed by atoms with Crippen LogP contribution >= 0.6 is 21.9 Å². The van der Waals surface area contributed by atoms with Crippen LogP contribution in [0.25, 0.3) is 16.7 Å². The van der Waals surface area contributed by atoms with Gasteiger partial charge in [0, 0.05) is 21.7 Å². The van der Waals surface area contributed by atoms with Crippen LogP contribution in [0.5, 0.6) is 5.75 Å². The summed E-state index contributed by atoms with van der Waals surface area (Å²) in [4.78, 5) is 0. The van der Waals surface area contributed by atoms with E-state index >= 15 is 0 Å². The Balaban J connectivity index is 1.67. The van der Waals surface area contributed by atoms with Gasteiger partial charge in [-0.15, -0.1) is 0 Å². The first-order valence-electron chi connectivity index (χ1n) is 10.4. The van der Waals surface area contributed by atoms with Crippen LogP contribution in [0.15, 0.2) is 90.7 Å². The summed E-state index contributed by atoms with van der Waals surface area (Å²) in [6.07, 6.45) is 4.90. The van der Waals surface area contributed by atoms with Gasteiger partial charge < -0.3 is 9.05 Å². The molecular weight excluding hydrogens is 490 g/mol. The third kappa shape index (κ3) is 3.65. The van der Waals surface area contributed by atoms with E-state index in [1.807, 2.05) is 49.4 Å². The van der Waals surface area contributed by atoms with Crippen LogP contribution in [-0.2, 0) is 28.1 Å². The summed E-state index contributed by atoms with van der Waals surface area (Å²) in [5, 5.41) is 2.14. The zero-order chi connectivity index (χ0) is 22.3. The third-order valence-electron chi connectivity index (χ3n) is 5.52. The first-order chi connectivity index (χ1) is 15.5. The minimum absolute atomic E-state index is 0.826. The van der Waals surface area contributed by atoms with Crippen molar-refractivity contribution in [2.45, 2.75) is 20.3 Å². The molecule has 2 unspecified atom stereocenters. The van der Waals surface area contributed by atoms with E-state index in [0.717, 1.165) is 39.7 Å². The maximum atomic E-state index is 6.68. The van der Waals surface area contributed by atoms with E-state index in [4.69, 9.17) is 32.7 Å². The van der Waals surface area contributed by atoms with Crippen LogP contribution in [0.3, 0.4) is 0 Å². The van der Waals surface area contributed by atoms with Gasteiger partial charge in [0.1, 0.15) is 11.5 Å². The van der Waals surface area contributed by atoms with Crippen molar-refractivity contribution in [2.75, 3.05) is 0 Å². The number of hydrogen-bond acceptors (Lipinski definition) is 5. The lowest BCUT2D eigenvalue weighted by Crippen LogP contribution is -2.19. The molecule has 0 aromatic heterocycles. The molecule has 162 valence electrons. The molecule has 2 heterocycles. The highest BCUT2D eigenvalue weighted by Crippen LogP contribution is 2.80. The number of rotatable bonds is 4. The van der Waals surface area contributed by atoms with Crippen LogP contribution in [-0.4, -0.2) is 0 Å². The van der Waals surface area contributed by atoms with Gasteiger partial charge in [-0.3, -0.25) is 0 Å². The Hall–Kier alpha value is -1.61. The molecular formula is C25H22O2P2S3. The summed E-state index contributed by atoms with van der Waals surface area (Å²) in [5.74, 6) is 1.68. The highest BCUT2D eigenvalue weighted by atomic mass is 33.2. The van der Waals surface area contributed by atoms with Crippen LogP contribution in [0.1, 0.15) is 25.8 Å². The van der Waals surface area contributed by atoms with Gasteiger partial charge in [-0.25, -0.2) is 0 Å². The summed E-state index contributed by atoms with van der Waals surface area (Å²) in [6, 6.07) is 24.8. The van der Waals surface area contributed by atoms with Gasteiger partial charge in [0.15, 0.2) is 0 Å². The first kappa shape index (κ1) is 22.2. The second kappa shape index (κ2) is 8.63. The molecule has 5 rings (SSSR count). The monoisotopic (exact) mass is 512 g/mol. The molecule has 0 saturated heterocycles. The summed E-state index contributed by atoms with van der Waals surface area (Å²) < 4.78 is 13.3. The molecule has 2 nitrogen and oxygen atoms in total. The maximum Gasteiger partial charge on any atom is 0.205 e. The van der Waals surface area contributed by atoms with E-state index in [2.05, 4.69) is 49.4 Å². The Morgan fingerprint density at radius 2 is 1.34 bits per heavy atom. The van der Waals surface area contributed by atoms with Crippen molar-refractivity contribution >= 4 is 61.7 Å². The molecule has 32 heavy (non-hydrogen) atoms. The molecule has 0 aliphatic carbocycles. The van der Waals surface area contributed by atoms with Gasteiger partial charge in [-0.05, 0) is 83.4 Å². The maximum absolute atomic E-state index is 6.68. The number of fused-ring (bicyclic) bond motifs is 4. The lowest BCUT2D eigenvalue weighted by molar-refractivity contribution is 0.506. The Labute approximate surface area is 203 Å². The van der Waals surface area contributed by atoms with E-state index in [1.54, 1.807) is 11.0 Å². The van der Waals surface area contributed by atoms with Gasteiger partial charge in [-0.2, -0.15) is 0 Å². The predicted molar refractivity (Wildman–Crippen MR) is 147 cm³/mol. The zero-order valence-corrected chi connectivity index (χ0v) is 22.0. The Morgan fingerprint density at radius 1 is 0.781 bits per heavy atom. The molecule has 2 aliphatic heterocycles. The second-order valence-electron chi connectivity index (χ2n) is 7.49. The van der Waals surface area contributed by atoms with Crippen LogP contribution in [0.2, 0.25) is 0 Å². The van der Waals surface area contributed by atoms with Crippen molar-refractivity contribution in [1.82, 2.24) is 0 Å². The summed E-state index contributed by atoms with van der Waals surface area (Å²) in [5.41, 5.74) is -0.578. The van der Waals surface area contributed by atoms with Crippen molar-refractivity contribution in [3.05, 3.63) is 96.3 Å². The van der Waals surface area contributed by atoms with Crippen LogP contribution in [0.4, 0.5) is 0 Å². The highest BCUT2D eigenvalue weighted by Gasteiger charge is 2.42. The van der Waals surface area contributed by atoms with Gasteiger partial charge in [0.25, 0.3) is 0 Å². The van der Waals surface area contributed by atoms with E-state index in [9.17, 15) is 0 Å². The van der Waals surface area contributed by atoms with Gasteiger partial charge in [0.05, 0.1) is 0 Å². The number of hydrogen-bond donors (Lipinski definition) is 0. The van der Waals surface area contributed by atoms with E-state index in [1.165, 1.54) is 11.1 Å². The number of allylic oxidation sites excluding steroid dienone is 3. The quantitative estimate of drug-likeness (QED) is 0.331. The van der Waals surface area contributed by atoms with Crippen LogP contribution in [0, 0.1) is 0 Å². The first-order valence-corrected chi connectivity index (χ1v) is 17.9. The van der Waals surface area contributed by atoms with Gasteiger partial charge in [0.2, 0.25) is 10.9 Å². The average Bonchev–Trinajstić information content (AvgIpc) is 2.80. The molecule has 0 N–H and O–H groups in total. The molecule has 0 amide bonds. The highest BCUT2D eigenvalue weighted by molar-refractivity contribution is 9.00. The standard InChI is InChI=1S/C25H22O2P2S3/c1-3-11-22-18(4-2)20-13-6-9-16-24(20)28(30,26-22)32-29(31)25-17-10-7-14-21(25)19-12-5-8-15-23(19)27-29/h3,5-17H,4H2,1-2H3. The summed E-state index contributed by atoms with van der Waals surface area (Å²) in [7, 11) is 0. The average molecular weight is 513 g/mol. The van der Waals surface area contributed by atoms with Gasteiger partial charge in [-0.1, -0.05) is 67.6 Å². The van der Waals surface area contributed by atoms with E-state index < -0.39 is 10.9 Å². The van der Waals surface area contributed by atoms with Crippen molar-refractivity contribution in [2.24, 2.45) is 0 Å². The van der Waals surface area contributed by atoms with Crippen molar-refractivity contribution in [3.8, 4) is 16.9 Å². The van der Waals surface area contributed by atoms with Crippen molar-refractivity contribution in [1.29, 1.82) is 0 Å².